The van der Waals surface area contributed by atoms with Crippen molar-refractivity contribution in [2.45, 2.75) is 123 Å². The van der Waals surface area contributed by atoms with Crippen LogP contribution in [-0.2, 0) is 44.8 Å². The number of carboxylic acid groups (broad SMARTS) is 1. The lowest BCUT2D eigenvalue weighted by molar-refractivity contribution is -0.140. The SMILES string of the molecule is CC(C)CC[C@H](NC(=O)[C@H](CC(C)C)NC(=O)CNC(=O)[C@@H](NC(=O)[C@H](Cc1ccc(N)cc1)NC(=O)[C@@H](NC(=O)[C@@H](N)CC(=O)O)[C@@H](C)O)C(C)C)C(N)=O. The van der Waals surface area contributed by atoms with E-state index in [1.165, 1.54) is 6.92 Å². The third kappa shape index (κ3) is 17.9. The molecule has 19 nitrogen and oxygen atoms in total. The number of hydrogen-bond donors (Lipinski definition) is 11. The monoisotopic (exact) mass is 791 g/mol. The molecule has 0 spiro atoms. The highest BCUT2D eigenvalue weighted by molar-refractivity contribution is 5.97. The number of carboxylic acids is 1. The standard InChI is InChI=1S/C37H61N9O10/c1-18(2)8-13-25(32(40)51)43-34(53)26(14-19(3)4)42-28(48)17-41-36(55)30(20(5)6)45-35(54)27(15-22-9-11-23(38)12-10-22)44-37(56)31(21(7)47)46-33(52)24(39)16-29(49)50/h9-12,18-21,24-27,30-31,47H,8,13-17,38-39H2,1-7H3,(H2,40,51)(H,41,55)(H,42,48)(H,43,53)(H,44,56)(H,45,54)(H,46,52)(H,49,50)/t21-,24+,25+,26+,27+,30+,31+/m1/s1. The molecule has 19 heteroatoms. The number of nitrogens with two attached hydrogens (primary N) is 3. The normalized spacial score (nSPS) is 15.0. The summed E-state index contributed by atoms with van der Waals surface area (Å²) in [4.78, 5) is 102. The predicted octanol–water partition coefficient (Wildman–Crippen LogP) is -1.84. The number of rotatable bonds is 24. The fraction of sp³-hybridized carbons (Fsp3) is 0.622. The maximum Gasteiger partial charge on any atom is 0.305 e. The third-order valence-corrected chi connectivity index (χ3v) is 8.57. The van der Waals surface area contributed by atoms with Crippen molar-refractivity contribution in [3.05, 3.63) is 29.8 Å². The van der Waals surface area contributed by atoms with Crippen molar-refractivity contribution in [3.63, 3.8) is 0 Å². The van der Waals surface area contributed by atoms with Gasteiger partial charge in [-0.3, -0.25) is 38.4 Å². The lowest BCUT2D eigenvalue weighted by Crippen LogP contribution is -2.61. The molecule has 0 saturated carbocycles. The van der Waals surface area contributed by atoms with E-state index in [4.69, 9.17) is 22.3 Å². The largest absolute Gasteiger partial charge is 0.481 e. The molecule has 314 valence electrons. The average molecular weight is 792 g/mol. The quantitative estimate of drug-likeness (QED) is 0.0515. The summed E-state index contributed by atoms with van der Waals surface area (Å²) in [6.45, 7) is 11.5. The van der Waals surface area contributed by atoms with Gasteiger partial charge in [0.15, 0.2) is 0 Å². The minimum atomic E-state index is -1.64. The van der Waals surface area contributed by atoms with Gasteiger partial charge < -0.3 is 59.3 Å². The summed E-state index contributed by atoms with van der Waals surface area (Å²) in [6, 6.07) is -1.39. The van der Waals surface area contributed by atoms with Gasteiger partial charge in [-0.25, -0.2) is 0 Å². The number of aliphatic hydroxyl groups is 1. The van der Waals surface area contributed by atoms with E-state index < -0.39 is 109 Å². The van der Waals surface area contributed by atoms with Gasteiger partial charge in [-0.1, -0.05) is 53.7 Å². The minimum absolute atomic E-state index is 0.0350. The number of carbonyl (C=O) groups is 8. The average Bonchev–Trinajstić information content (AvgIpc) is 3.09. The Morgan fingerprint density at radius 1 is 0.661 bits per heavy atom. The zero-order chi connectivity index (χ0) is 42.9. The number of anilines is 1. The minimum Gasteiger partial charge on any atom is -0.481 e. The molecule has 0 saturated heterocycles. The number of amides is 7. The van der Waals surface area contributed by atoms with Gasteiger partial charge in [-0.2, -0.15) is 0 Å². The summed E-state index contributed by atoms with van der Waals surface area (Å²) in [5.41, 5.74) is 17.9. The van der Waals surface area contributed by atoms with Crippen LogP contribution in [-0.4, -0.2) is 106 Å². The Bertz CT molecular complexity index is 1520. The van der Waals surface area contributed by atoms with Crippen LogP contribution >= 0.6 is 0 Å². The van der Waals surface area contributed by atoms with E-state index in [9.17, 15) is 43.5 Å². The van der Waals surface area contributed by atoms with E-state index in [1.807, 2.05) is 27.7 Å². The van der Waals surface area contributed by atoms with Gasteiger partial charge >= 0.3 is 5.97 Å². The summed E-state index contributed by atoms with van der Waals surface area (Å²) < 4.78 is 0. The molecule has 1 aromatic rings. The van der Waals surface area contributed by atoms with Gasteiger partial charge in [0.25, 0.3) is 0 Å². The van der Waals surface area contributed by atoms with Gasteiger partial charge in [0.05, 0.1) is 25.1 Å². The first-order valence-electron chi connectivity index (χ1n) is 18.6. The summed E-state index contributed by atoms with van der Waals surface area (Å²) in [5, 5.41) is 34.3. The highest BCUT2D eigenvalue weighted by Crippen LogP contribution is 2.12. The van der Waals surface area contributed by atoms with Crippen molar-refractivity contribution in [2.75, 3.05) is 12.3 Å². The van der Waals surface area contributed by atoms with Crippen LogP contribution in [0.5, 0.6) is 0 Å². The van der Waals surface area contributed by atoms with E-state index in [2.05, 4.69) is 31.9 Å². The maximum atomic E-state index is 13.8. The van der Waals surface area contributed by atoms with Crippen LogP contribution < -0.4 is 49.1 Å². The topological polar surface area (TPSA) is 327 Å². The fourth-order valence-corrected chi connectivity index (χ4v) is 5.38. The number of hydrogen-bond acceptors (Lipinski definition) is 11. The lowest BCUT2D eigenvalue weighted by atomic mass is 10.00. The number of carbonyl (C=O) groups excluding carboxylic acids is 7. The Hall–Kier alpha value is -5.30. The Kier molecular flexibility index (Phi) is 20.5. The maximum absolute atomic E-state index is 13.8. The van der Waals surface area contributed by atoms with Crippen LogP contribution in [0.3, 0.4) is 0 Å². The molecule has 0 aromatic heterocycles. The van der Waals surface area contributed by atoms with Gasteiger partial charge in [0.1, 0.15) is 30.2 Å². The summed E-state index contributed by atoms with van der Waals surface area (Å²) in [5.74, 6) is -7.31. The van der Waals surface area contributed by atoms with Crippen LogP contribution in [0.4, 0.5) is 5.69 Å². The van der Waals surface area contributed by atoms with Crippen molar-refractivity contribution in [2.24, 2.45) is 29.2 Å². The van der Waals surface area contributed by atoms with Gasteiger partial charge in [0.2, 0.25) is 41.4 Å². The zero-order valence-corrected chi connectivity index (χ0v) is 33.2. The third-order valence-electron chi connectivity index (χ3n) is 8.57. The second-order valence-corrected chi connectivity index (χ2v) is 15.1. The van der Waals surface area contributed by atoms with E-state index in [0.717, 1.165) is 0 Å². The molecule has 0 unspecified atom stereocenters. The molecule has 1 rings (SSSR count). The van der Waals surface area contributed by atoms with Gasteiger partial charge in [-0.05, 0) is 61.6 Å². The lowest BCUT2D eigenvalue weighted by Gasteiger charge is -2.28. The number of benzene rings is 1. The van der Waals surface area contributed by atoms with Crippen LogP contribution in [0.1, 0.15) is 79.7 Å². The number of nitrogens with one attached hydrogen (secondary N) is 6. The molecule has 7 atom stereocenters. The predicted molar refractivity (Wildman–Crippen MR) is 207 cm³/mol. The molecule has 0 fully saturated rings. The molecule has 1 aromatic carbocycles. The van der Waals surface area contributed by atoms with Crippen molar-refractivity contribution >= 4 is 53.0 Å². The summed E-state index contributed by atoms with van der Waals surface area (Å²) in [7, 11) is 0. The van der Waals surface area contributed by atoms with E-state index in [-0.39, 0.29) is 24.7 Å². The van der Waals surface area contributed by atoms with Crippen LogP contribution in [0.15, 0.2) is 24.3 Å². The van der Waals surface area contributed by atoms with Gasteiger partial charge in [-0.15, -0.1) is 0 Å². The summed E-state index contributed by atoms with van der Waals surface area (Å²) >= 11 is 0. The van der Waals surface area contributed by atoms with Crippen LogP contribution in [0.25, 0.3) is 0 Å². The van der Waals surface area contributed by atoms with E-state index in [0.29, 0.717) is 24.1 Å². The fourth-order valence-electron chi connectivity index (χ4n) is 5.38. The molecular weight excluding hydrogens is 730 g/mol. The Morgan fingerprint density at radius 3 is 1.71 bits per heavy atom. The van der Waals surface area contributed by atoms with Crippen LogP contribution in [0, 0.1) is 17.8 Å². The van der Waals surface area contributed by atoms with E-state index in [1.54, 1.807) is 38.1 Å². The first kappa shape index (κ1) is 48.7. The second-order valence-electron chi connectivity index (χ2n) is 15.1. The Balaban J connectivity index is 3.16. The molecule has 0 radical (unpaired) electrons. The molecule has 7 amide bonds. The highest BCUT2D eigenvalue weighted by atomic mass is 16.4. The zero-order valence-electron chi connectivity index (χ0n) is 33.2. The summed E-state index contributed by atoms with van der Waals surface area (Å²) in [6.07, 6.45) is -1.19. The highest BCUT2D eigenvalue weighted by Gasteiger charge is 2.34. The van der Waals surface area contributed by atoms with Crippen molar-refractivity contribution in [1.29, 1.82) is 0 Å². The molecule has 0 aliphatic heterocycles. The first-order valence-corrected chi connectivity index (χ1v) is 18.6. The van der Waals surface area contributed by atoms with Crippen molar-refractivity contribution in [3.8, 4) is 0 Å². The Morgan fingerprint density at radius 2 is 1.21 bits per heavy atom. The molecular formula is C37H61N9O10. The molecule has 56 heavy (non-hydrogen) atoms. The molecule has 0 bridgehead atoms. The van der Waals surface area contributed by atoms with Gasteiger partial charge in [0, 0.05) is 12.1 Å². The molecule has 0 aliphatic carbocycles. The van der Waals surface area contributed by atoms with E-state index >= 15 is 0 Å². The van der Waals surface area contributed by atoms with Crippen molar-refractivity contribution < 1.29 is 48.6 Å². The Labute approximate surface area is 327 Å². The van der Waals surface area contributed by atoms with Crippen molar-refractivity contribution in [1.82, 2.24) is 31.9 Å². The number of primary amides is 1. The molecule has 0 aliphatic rings. The first-order chi connectivity index (χ1) is 26.0. The number of aliphatic carboxylic acids is 1. The van der Waals surface area contributed by atoms with Crippen LogP contribution in [0.2, 0.25) is 0 Å². The molecule has 0 heterocycles. The second kappa shape index (κ2) is 23.6. The molecule has 14 N–H and O–H groups in total. The smallest absolute Gasteiger partial charge is 0.305 e. The number of nitrogen functional groups attached to an aromatic ring is 1. The number of aliphatic hydroxyl groups excluding tert-OH is 1.